The molecule has 1 spiro atoms. The van der Waals surface area contributed by atoms with E-state index < -0.39 is 17.7 Å². The van der Waals surface area contributed by atoms with Crippen LogP contribution < -0.4 is 5.32 Å². The quantitative estimate of drug-likeness (QED) is 0.674. The van der Waals surface area contributed by atoms with Crippen LogP contribution >= 0.6 is 0 Å². The van der Waals surface area contributed by atoms with E-state index in [2.05, 4.69) is 5.32 Å². The molecule has 5 nitrogen and oxygen atoms in total. The second kappa shape index (κ2) is 4.55. The van der Waals surface area contributed by atoms with E-state index in [4.69, 9.17) is 9.47 Å². The Kier molecular flexibility index (Phi) is 2.74. The molecule has 1 fully saturated rings. The highest BCUT2D eigenvalue weighted by Gasteiger charge is 2.64. The first-order valence-electron chi connectivity index (χ1n) is 7.23. The first-order valence-corrected chi connectivity index (χ1v) is 7.23. The fourth-order valence-corrected chi connectivity index (χ4v) is 3.32. The van der Waals surface area contributed by atoms with Gasteiger partial charge in [-0.2, -0.15) is 0 Å². The number of amides is 1. The predicted octanol–water partition coefficient (Wildman–Crippen LogP) is 1.25. The molecule has 0 saturated carbocycles. The Morgan fingerprint density at radius 3 is 2.86 bits per heavy atom. The van der Waals surface area contributed by atoms with Crippen LogP contribution in [0.25, 0.3) is 0 Å². The lowest BCUT2D eigenvalue weighted by Crippen LogP contribution is -2.47. The number of fused-ring (bicyclic) bond motifs is 1. The molecule has 0 unspecified atom stereocenters. The molecule has 0 radical (unpaired) electrons. The summed E-state index contributed by atoms with van der Waals surface area (Å²) in [7, 11) is 0. The van der Waals surface area contributed by atoms with E-state index in [1.54, 1.807) is 6.08 Å². The molecule has 0 aromatic heterocycles. The van der Waals surface area contributed by atoms with Crippen molar-refractivity contribution in [3.63, 3.8) is 0 Å². The lowest BCUT2D eigenvalue weighted by Gasteiger charge is -2.24. The summed E-state index contributed by atoms with van der Waals surface area (Å²) >= 11 is 0. The van der Waals surface area contributed by atoms with Gasteiger partial charge in [-0.1, -0.05) is 36.4 Å². The van der Waals surface area contributed by atoms with Gasteiger partial charge in [-0.05, 0) is 24.1 Å². The number of carbonyl (C=O) groups excluding carboxylic acids is 2. The zero-order valence-corrected chi connectivity index (χ0v) is 12.0. The van der Waals surface area contributed by atoms with Crippen LogP contribution in [0.5, 0.6) is 0 Å². The van der Waals surface area contributed by atoms with Gasteiger partial charge in [0.25, 0.3) is 5.91 Å². The van der Waals surface area contributed by atoms with Gasteiger partial charge < -0.3 is 14.8 Å². The van der Waals surface area contributed by atoms with Gasteiger partial charge in [-0.25, -0.2) is 4.79 Å². The number of carbonyl (C=O) groups is 2. The molecule has 4 rings (SSSR count). The van der Waals surface area contributed by atoms with E-state index >= 15 is 0 Å². The minimum Gasteiger partial charge on any atom is -0.445 e. The van der Waals surface area contributed by atoms with Gasteiger partial charge in [0.05, 0.1) is 11.7 Å². The molecule has 5 heteroatoms. The Balaban J connectivity index is 1.55. The molecule has 112 valence electrons. The molecule has 0 aliphatic carbocycles. The minimum absolute atomic E-state index is 0.215. The van der Waals surface area contributed by atoms with E-state index in [1.165, 1.54) is 0 Å². The third-order valence-corrected chi connectivity index (χ3v) is 4.42. The minimum atomic E-state index is -1.04. The van der Waals surface area contributed by atoms with Gasteiger partial charge in [0.1, 0.15) is 0 Å². The SMILES string of the molecule is CC1=C2C(=O)O[C@H](C(=O)NCc3ccccc3)[C@@]23C=C[C@@H]1O3. The molecule has 3 aliphatic heterocycles. The molecule has 1 aromatic carbocycles. The number of rotatable bonds is 3. The van der Waals surface area contributed by atoms with Crippen molar-refractivity contribution in [2.75, 3.05) is 0 Å². The van der Waals surface area contributed by atoms with Crippen molar-refractivity contribution in [3.8, 4) is 0 Å². The average molecular weight is 297 g/mol. The van der Waals surface area contributed by atoms with Crippen LogP contribution in [0, 0.1) is 0 Å². The second-order valence-electron chi connectivity index (χ2n) is 5.74. The molecule has 2 bridgehead atoms. The normalized spacial score (nSPS) is 31.4. The van der Waals surface area contributed by atoms with Crippen LogP contribution in [-0.2, 0) is 25.6 Å². The van der Waals surface area contributed by atoms with Crippen LogP contribution in [0.15, 0.2) is 53.6 Å². The Morgan fingerprint density at radius 1 is 1.32 bits per heavy atom. The zero-order valence-electron chi connectivity index (χ0n) is 12.0. The average Bonchev–Trinajstić information content (AvgIpc) is 3.16. The predicted molar refractivity (Wildman–Crippen MR) is 77.6 cm³/mol. The topological polar surface area (TPSA) is 64.6 Å². The smallest absolute Gasteiger partial charge is 0.338 e. The third-order valence-electron chi connectivity index (χ3n) is 4.42. The molecule has 3 heterocycles. The maximum Gasteiger partial charge on any atom is 0.338 e. The first kappa shape index (κ1) is 13.3. The summed E-state index contributed by atoms with van der Waals surface area (Å²) < 4.78 is 11.1. The molecule has 3 atom stereocenters. The fourth-order valence-electron chi connectivity index (χ4n) is 3.32. The molecular formula is C17H15NO4. The summed E-state index contributed by atoms with van der Waals surface area (Å²) in [6.07, 6.45) is 2.47. The van der Waals surface area contributed by atoms with Gasteiger partial charge >= 0.3 is 5.97 Å². The van der Waals surface area contributed by atoms with Crippen LogP contribution in [0.2, 0.25) is 0 Å². The van der Waals surface area contributed by atoms with Crippen LogP contribution in [0.1, 0.15) is 12.5 Å². The van der Waals surface area contributed by atoms with Gasteiger partial charge in [0.2, 0.25) is 6.10 Å². The summed E-state index contributed by atoms with van der Waals surface area (Å²) in [5.41, 5.74) is 1.27. The summed E-state index contributed by atoms with van der Waals surface area (Å²) in [4.78, 5) is 24.5. The van der Waals surface area contributed by atoms with E-state index in [0.29, 0.717) is 12.1 Å². The van der Waals surface area contributed by atoms with Crippen LogP contribution in [0.4, 0.5) is 0 Å². The maximum absolute atomic E-state index is 12.5. The van der Waals surface area contributed by atoms with Gasteiger partial charge in [0, 0.05) is 6.54 Å². The molecular weight excluding hydrogens is 282 g/mol. The van der Waals surface area contributed by atoms with Gasteiger partial charge in [-0.3, -0.25) is 4.79 Å². The van der Waals surface area contributed by atoms with E-state index in [1.807, 2.05) is 43.3 Å². The molecule has 3 aliphatic rings. The second-order valence-corrected chi connectivity index (χ2v) is 5.74. The number of hydrogen-bond donors (Lipinski definition) is 1. The van der Waals surface area contributed by atoms with Crippen LogP contribution in [0.3, 0.4) is 0 Å². The molecule has 22 heavy (non-hydrogen) atoms. The number of ether oxygens (including phenoxy) is 2. The molecule has 1 saturated heterocycles. The fraction of sp³-hybridized carbons (Fsp3) is 0.294. The number of hydrogen-bond acceptors (Lipinski definition) is 4. The van der Waals surface area contributed by atoms with Gasteiger partial charge in [-0.15, -0.1) is 0 Å². The Labute approximate surface area is 127 Å². The molecule has 1 N–H and O–H groups in total. The Morgan fingerprint density at radius 2 is 2.09 bits per heavy atom. The van der Waals surface area contributed by atoms with Crippen molar-refractivity contribution in [2.45, 2.75) is 31.3 Å². The zero-order chi connectivity index (χ0) is 15.3. The van der Waals surface area contributed by atoms with E-state index in [0.717, 1.165) is 11.1 Å². The summed E-state index contributed by atoms with van der Waals surface area (Å²) in [6.45, 7) is 2.23. The standard InChI is InChI=1S/C17H15NO4/c1-10-12-7-8-17(22-12)13(10)16(20)21-14(17)15(19)18-9-11-5-3-2-4-6-11/h2-8,12,14H,9H2,1H3,(H,18,19)/t12-,14+,17+/m0/s1. The van der Waals surface area contributed by atoms with Crippen molar-refractivity contribution < 1.29 is 19.1 Å². The maximum atomic E-state index is 12.5. The van der Waals surface area contributed by atoms with Crippen molar-refractivity contribution >= 4 is 11.9 Å². The summed E-state index contributed by atoms with van der Waals surface area (Å²) in [5, 5.41) is 2.81. The number of benzene rings is 1. The highest BCUT2D eigenvalue weighted by Crippen LogP contribution is 2.50. The van der Waals surface area contributed by atoms with E-state index in [9.17, 15) is 9.59 Å². The largest absolute Gasteiger partial charge is 0.445 e. The molecule has 1 aromatic rings. The lowest BCUT2D eigenvalue weighted by atomic mass is 9.85. The highest BCUT2D eigenvalue weighted by molar-refractivity contribution is 6.02. The van der Waals surface area contributed by atoms with Crippen molar-refractivity contribution in [1.29, 1.82) is 0 Å². The number of nitrogens with one attached hydrogen (secondary N) is 1. The summed E-state index contributed by atoms with van der Waals surface area (Å²) in [6, 6.07) is 9.58. The Hall–Kier alpha value is -2.40. The Bertz CT molecular complexity index is 721. The lowest BCUT2D eigenvalue weighted by molar-refractivity contribution is -0.152. The third kappa shape index (κ3) is 1.69. The van der Waals surface area contributed by atoms with Crippen LogP contribution in [-0.4, -0.2) is 29.7 Å². The summed E-state index contributed by atoms with van der Waals surface area (Å²) in [5.74, 6) is -0.795. The van der Waals surface area contributed by atoms with Crippen molar-refractivity contribution in [1.82, 2.24) is 5.32 Å². The molecule has 1 amide bonds. The monoisotopic (exact) mass is 297 g/mol. The van der Waals surface area contributed by atoms with E-state index in [-0.39, 0.29) is 12.0 Å². The van der Waals surface area contributed by atoms with Gasteiger partial charge in [0.15, 0.2) is 5.60 Å². The number of cyclic esters (lactones) is 1. The van der Waals surface area contributed by atoms with Crippen molar-refractivity contribution in [2.24, 2.45) is 0 Å². The number of esters is 1. The van der Waals surface area contributed by atoms with Crippen molar-refractivity contribution in [3.05, 3.63) is 59.2 Å². The first-order chi connectivity index (χ1) is 10.6. The highest BCUT2D eigenvalue weighted by atomic mass is 16.6.